The van der Waals surface area contributed by atoms with Gasteiger partial charge in [-0.1, -0.05) is 6.08 Å². The van der Waals surface area contributed by atoms with Gasteiger partial charge in [-0.3, -0.25) is 0 Å². The van der Waals surface area contributed by atoms with Gasteiger partial charge in [0.25, 0.3) is 0 Å². The molecule has 0 aromatic heterocycles. The highest BCUT2D eigenvalue weighted by molar-refractivity contribution is 5.40. The quantitative estimate of drug-likeness (QED) is 0.456. The molecule has 2 aliphatic rings. The Balaban J connectivity index is 2.18. The van der Waals surface area contributed by atoms with E-state index in [1.54, 1.807) is 0 Å². The fourth-order valence-electron chi connectivity index (χ4n) is 1.72. The topological polar surface area (TPSA) is 24.7 Å². The van der Waals surface area contributed by atoms with Crippen LogP contribution in [0.25, 0.3) is 0 Å². The second-order valence-corrected chi connectivity index (χ2v) is 3.29. The number of rotatable bonds is 0. The van der Waals surface area contributed by atoms with E-state index < -0.39 is 0 Å². The van der Waals surface area contributed by atoms with Gasteiger partial charge in [0.1, 0.15) is 5.54 Å². The summed E-state index contributed by atoms with van der Waals surface area (Å²) in [7, 11) is 0. The Morgan fingerprint density at radius 2 is 2.50 bits per heavy atom. The average molecular weight is 136 g/mol. The summed E-state index contributed by atoms with van der Waals surface area (Å²) in [5.74, 6) is 0. The molecule has 2 heteroatoms. The summed E-state index contributed by atoms with van der Waals surface area (Å²) in [5.41, 5.74) is 1.69. The molecule has 0 radical (unpaired) electrons. The molecule has 2 atom stereocenters. The Labute approximate surface area is 61.0 Å². The van der Waals surface area contributed by atoms with Gasteiger partial charge in [-0.25, -0.2) is 0 Å². The maximum Gasteiger partial charge on any atom is 0.108 e. The molecule has 0 aromatic rings. The zero-order valence-electron chi connectivity index (χ0n) is 6.46. The van der Waals surface area contributed by atoms with Gasteiger partial charge >= 0.3 is 0 Å². The van der Waals surface area contributed by atoms with E-state index in [1.807, 2.05) is 0 Å². The van der Waals surface area contributed by atoms with Crippen molar-refractivity contribution in [3.05, 3.63) is 11.6 Å². The van der Waals surface area contributed by atoms with Crippen molar-refractivity contribution in [1.29, 1.82) is 0 Å². The molecule has 1 spiro atoms. The van der Waals surface area contributed by atoms with Crippen molar-refractivity contribution in [2.75, 3.05) is 0 Å². The van der Waals surface area contributed by atoms with Crippen molar-refractivity contribution in [2.45, 2.75) is 38.3 Å². The molecule has 1 aliphatic carbocycles. The molecule has 0 amide bonds. The largest absolute Gasteiger partial charge is 0.190 e. The first-order valence-corrected chi connectivity index (χ1v) is 3.84. The van der Waals surface area contributed by atoms with Crippen molar-refractivity contribution >= 4 is 0 Å². The van der Waals surface area contributed by atoms with Crippen LogP contribution in [0.4, 0.5) is 0 Å². The Kier molecular flexibility index (Phi) is 1.02. The second kappa shape index (κ2) is 1.68. The van der Waals surface area contributed by atoms with Crippen LogP contribution >= 0.6 is 0 Å². The average Bonchev–Trinajstić information content (AvgIpc) is 2.46. The van der Waals surface area contributed by atoms with Crippen LogP contribution in [0, 0.1) is 0 Å². The highest BCUT2D eigenvalue weighted by Gasteiger charge is 2.52. The summed E-state index contributed by atoms with van der Waals surface area (Å²) >= 11 is 0. The molecule has 2 unspecified atom stereocenters. The summed E-state index contributed by atoms with van der Waals surface area (Å²) in [5, 5.41) is 8.40. The van der Waals surface area contributed by atoms with E-state index in [0.717, 1.165) is 12.8 Å². The fraction of sp³-hybridized carbons (Fsp3) is 0.750. The van der Waals surface area contributed by atoms with E-state index in [1.165, 1.54) is 5.57 Å². The minimum absolute atomic E-state index is 0.203. The number of hydrogen-bond donors (Lipinski definition) is 0. The third-order valence-corrected chi connectivity index (χ3v) is 2.38. The van der Waals surface area contributed by atoms with Gasteiger partial charge < -0.3 is 0 Å². The van der Waals surface area contributed by atoms with Crippen molar-refractivity contribution in [3.8, 4) is 0 Å². The third kappa shape index (κ3) is 0.648. The van der Waals surface area contributed by atoms with Crippen molar-refractivity contribution in [1.82, 2.24) is 0 Å². The van der Waals surface area contributed by atoms with Crippen LogP contribution in [0.3, 0.4) is 0 Å². The smallest absolute Gasteiger partial charge is 0.108 e. The predicted octanol–water partition coefficient (Wildman–Crippen LogP) is 2.32. The first-order valence-electron chi connectivity index (χ1n) is 3.84. The van der Waals surface area contributed by atoms with Crippen LogP contribution in [-0.4, -0.2) is 11.6 Å². The Morgan fingerprint density at radius 1 is 1.70 bits per heavy atom. The lowest BCUT2D eigenvalue weighted by molar-refractivity contribution is 0.654. The number of azo groups is 1. The van der Waals surface area contributed by atoms with Crippen LogP contribution in [0.15, 0.2) is 21.9 Å². The molecular formula is C8H12N2. The Bertz CT molecular complexity index is 217. The molecular weight excluding hydrogens is 124 g/mol. The normalized spacial score (nSPS) is 47.4. The van der Waals surface area contributed by atoms with Crippen molar-refractivity contribution in [2.24, 2.45) is 10.2 Å². The predicted molar refractivity (Wildman–Crippen MR) is 40.0 cm³/mol. The number of allylic oxidation sites excluding steroid dienone is 1. The molecule has 54 valence electrons. The molecule has 0 bridgehead atoms. The molecule has 0 saturated heterocycles. The van der Waals surface area contributed by atoms with Gasteiger partial charge in [0, 0.05) is 12.8 Å². The lowest BCUT2D eigenvalue weighted by Gasteiger charge is -1.97. The van der Waals surface area contributed by atoms with Gasteiger partial charge in [0.05, 0.1) is 6.04 Å². The summed E-state index contributed by atoms with van der Waals surface area (Å²) in [6.45, 7) is 4.21. The maximum atomic E-state index is 4.27. The van der Waals surface area contributed by atoms with Crippen LogP contribution in [0.1, 0.15) is 26.7 Å². The van der Waals surface area contributed by atoms with Crippen LogP contribution in [-0.2, 0) is 0 Å². The first-order chi connectivity index (χ1) is 4.77. The summed E-state index contributed by atoms with van der Waals surface area (Å²) < 4.78 is 0. The van der Waals surface area contributed by atoms with Crippen LogP contribution in [0.5, 0.6) is 0 Å². The highest BCUT2D eigenvalue weighted by atomic mass is 15.2. The van der Waals surface area contributed by atoms with Gasteiger partial charge in [-0.05, 0) is 19.4 Å². The van der Waals surface area contributed by atoms with Gasteiger partial charge in [0.15, 0.2) is 0 Å². The SMILES string of the molecule is CC=C1CC12CC(C)N=N2. The van der Waals surface area contributed by atoms with Gasteiger partial charge in [0.2, 0.25) is 0 Å². The lowest BCUT2D eigenvalue weighted by atomic mass is 10.1. The lowest BCUT2D eigenvalue weighted by Crippen LogP contribution is -2.04. The standard InChI is InChI=1S/C8H12N2/c1-3-7-5-8(7)4-6(2)9-10-8/h3,6H,4-5H2,1-2H3. The van der Waals surface area contributed by atoms with Crippen LogP contribution in [0.2, 0.25) is 0 Å². The number of nitrogens with zero attached hydrogens (tertiary/aromatic N) is 2. The van der Waals surface area contributed by atoms with E-state index >= 15 is 0 Å². The molecule has 1 fully saturated rings. The van der Waals surface area contributed by atoms with E-state index in [9.17, 15) is 0 Å². The Hall–Kier alpha value is -0.660. The summed E-state index contributed by atoms with van der Waals surface area (Å²) in [6, 6.07) is 0.456. The van der Waals surface area contributed by atoms with Gasteiger partial charge in [-0.2, -0.15) is 10.2 Å². The molecule has 2 nitrogen and oxygen atoms in total. The summed E-state index contributed by atoms with van der Waals surface area (Å²) in [6.07, 6.45) is 4.49. The minimum Gasteiger partial charge on any atom is -0.190 e. The van der Waals surface area contributed by atoms with E-state index in [0.29, 0.717) is 6.04 Å². The molecule has 1 saturated carbocycles. The van der Waals surface area contributed by atoms with E-state index in [2.05, 4.69) is 30.2 Å². The van der Waals surface area contributed by atoms with E-state index in [-0.39, 0.29) is 5.54 Å². The first kappa shape index (κ1) is 6.08. The fourth-order valence-corrected chi connectivity index (χ4v) is 1.72. The molecule has 10 heavy (non-hydrogen) atoms. The molecule has 1 aliphatic heterocycles. The maximum absolute atomic E-state index is 4.27. The zero-order chi connectivity index (χ0) is 7.19. The van der Waals surface area contributed by atoms with Crippen molar-refractivity contribution in [3.63, 3.8) is 0 Å². The van der Waals surface area contributed by atoms with Gasteiger partial charge in [-0.15, -0.1) is 0 Å². The molecule has 2 rings (SSSR count). The van der Waals surface area contributed by atoms with Crippen molar-refractivity contribution < 1.29 is 0 Å². The zero-order valence-corrected chi connectivity index (χ0v) is 6.46. The highest BCUT2D eigenvalue weighted by Crippen LogP contribution is 2.53. The second-order valence-electron chi connectivity index (χ2n) is 3.29. The monoisotopic (exact) mass is 136 g/mol. The third-order valence-electron chi connectivity index (χ3n) is 2.38. The summed E-state index contributed by atoms with van der Waals surface area (Å²) in [4.78, 5) is 0. The van der Waals surface area contributed by atoms with Crippen LogP contribution < -0.4 is 0 Å². The number of hydrogen-bond acceptors (Lipinski definition) is 2. The minimum atomic E-state index is 0.203. The Morgan fingerprint density at radius 3 is 2.90 bits per heavy atom. The molecule has 0 N–H and O–H groups in total. The molecule has 1 heterocycles. The molecule has 0 aromatic carbocycles. The van der Waals surface area contributed by atoms with E-state index in [4.69, 9.17) is 0 Å².